The summed E-state index contributed by atoms with van der Waals surface area (Å²) in [7, 11) is 3.06. The molecule has 0 bridgehead atoms. The van der Waals surface area contributed by atoms with Gasteiger partial charge in [-0.1, -0.05) is 30.3 Å². The summed E-state index contributed by atoms with van der Waals surface area (Å²) in [6.45, 7) is 0. The average Bonchev–Trinajstić information content (AvgIpc) is 2.54. The highest BCUT2D eigenvalue weighted by Crippen LogP contribution is 2.33. The maximum Gasteiger partial charge on any atom is 0.197 e. The average molecular weight is 282 g/mol. The van der Waals surface area contributed by atoms with Crippen LogP contribution < -0.4 is 14.9 Å². The molecule has 0 fully saturated rings. The van der Waals surface area contributed by atoms with Crippen molar-refractivity contribution in [2.45, 2.75) is 0 Å². The second-order valence-electron chi connectivity index (χ2n) is 4.52. The minimum atomic E-state index is -0.161. The number of rotatable bonds is 3. The van der Waals surface area contributed by atoms with Gasteiger partial charge in [-0.2, -0.15) is 0 Å². The lowest BCUT2D eigenvalue weighted by Crippen LogP contribution is -2.03. The molecule has 0 radical (unpaired) electrons. The fourth-order valence-electron chi connectivity index (χ4n) is 2.29. The molecule has 1 aromatic heterocycles. The largest absolute Gasteiger partial charge is 0.496 e. The lowest BCUT2D eigenvalue weighted by Gasteiger charge is -2.09. The third kappa shape index (κ3) is 2.25. The Hall–Kier alpha value is -2.75. The highest BCUT2D eigenvalue weighted by molar-refractivity contribution is 5.89. The van der Waals surface area contributed by atoms with E-state index >= 15 is 0 Å². The van der Waals surface area contributed by atoms with Crippen molar-refractivity contribution in [1.29, 1.82) is 0 Å². The molecular weight excluding hydrogens is 268 g/mol. The van der Waals surface area contributed by atoms with Crippen molar-refractivity contribution in [3.8, 4) is 22.8 Å². The van der Waals surface area contributed by atoms with E-state index < -0.39 is 0 Å². The Morgan fingerprint density at radius 1 is 0.905 bits per heavy atom. The highest BCUT2D eigenvalue weighted by atomic mass is 16.5. The third-order valence-corrected chi connectivity index (χ3v) is 3.30. The van der Waals surface area contributed by atoms with Gasteiger partial charge in [0, 0.05) is 11.6 Å². The monoisotopic (exact) mass is 282 g/mol. The molecule has 1 heterocycles. The molecule has 4 heteroatoms. The highest BCUT2D eigenvalue weighted by Gasteiger charge is 2.15. The van der Waals surface area contributed by atoms with E-state index in [1.165, 1.54) is 20.3 Å². The first-order valence-corrected chi connectivity index (χ1v) is 6.49. The summed E-state index contributed by atoms with van der Waals surface area (Å²) in [6, 6.07) is 14.4. The minimum absolute atomic E-state index is 0.161. The van der Waals surface area contributed by atoms with Gasteiger partial charge in [0.1, 0.15) is 16.9 Å². The molecule has 0 unspecified atom stereocenters. The molecule has 4 nitrogen and oxygen atoms in total. The van der Waals surface area contributed by atoms with Gasteiger partial charge in [-0.25, -0.2) is 0 Å². The van der Waals surface area contributed by atoms with Crippen molar-refractivity contribution in [2.24, 2.45) is 0 Å². The lowest BCUT2D eigenvalue weighted by atomic mass is 10.1. The first-order chi connectivity index (χ1) is 10.2. The Kier molecular flexibility index (Phi) is 3.36. The zero-order chi connectivity index (χ0) is 14.8. The molecule has 0 spiro atoms. The van der Waals surface area contributed by atoms with E-state index in [0.717, 1.165) is 5.56 Å². The van der Waals surface area contributed by atoms with Crippen LogP contribution >= 0.6 is 0 Å². The number of methoxy groups -OCH3 is 2. The molecule has 2 aromatic carbocycles. The van der Waals surface area contributed by atoms with Crippen LogP contribution in [0.2, 0.25) is 0 Å². The third-order valence-electron chi connectivity index (χ3n) is 3.30. The van der Waals surface area contributed by atoms with E-state index in [9.17, 15) is 4.79 Å². The number of ether oxygens (including phenoxy) is 2. The summed E-state index contributed by atoms with van der Waals surface area (Å²) in [5, 5.41) is 0.386. The van der Waals surface area contributed by atoms with Crippen molar-refractivity contribution in [3.63, 3.8) is 0 Å². The van der Waals surface area contributed by atoms with Crippen molar-refractivity contribution >= 4 is 11.0 Å². The summed E-state index contributed by atoms with van der Waals surface area (Å²) in [4.78, 5) is 12.4. The van der Waals surface area contributed by atoms with E-state index in [2.05, 4.69) is 0 Å². The van der Waals surface area contributed by atoms with E-state index in [1.807, 2.05) is 30.3 Å². The van der Waals surface area contributed by atoms with Crippen molar-refractivity contribution in [2.75, 3.05) is 14.2 Å². The minimum Gasteiger partial charge on any atom is -0.496 e. The summed E-state index contributed by atoms with van der Waals surface area (Å²) in [5.74, 6) is 1.47. The predicted molar refractivity (Wildman–Crippen MR) is 81.0 cm³/mol. The normalized spacial score (nSPS) is 10.6. The molecule has 0 aliphatic rings. The Bertz CT molecular complexity index is 835. The fourth-order valence-corrected chi connectivity index (χ4v) is 2.29. The summed E-state index contributed by atoms with van der Waals surface area (Å²) >= 11 is 0. The zero-order valence-corrected chi connectivity index (χ0v) is 11.8. The molecule has 0 saturated carbocycles. The molecule has 0 aliphatic carbocycles. The molecule has 0 aliphatic heterocycles. The zero-order valence-electron chi connectivity index (χ0n) is 11.8. The molecule has 3 rings (SSSR count). The van der Waals surface area contributed by atoms with Gasteiger partial charge in [-0.05, 0) is 12.1 Å². The van der Waals surface area contributed by atoms with Crippen molar-refractivity contribution in [1.82, 2.24) is 0 Å². The van der Waals surface area contributed by atoms with Gasteiger partial charge in [-0.15, -0.1) is 0 Å². The van der Waals surface area contributed by atoms with E-state index in [0.29, 0.717) is 28.2 Å². The van der Waals surface area contributed by atoms with E-state index in [4.69, 9.17) is 13.9 Å². The predicted octanol–water partition coefficient (Wildman–Crippen LogP) is 3.48. The van der Waals surface area contributed by atoms with Crippen LogP contribution in [0.5, 0.6) is 11.5 Å². The van der Waals surface area contributed by atoms with Crippen LogP contribution in [0, 0.1) is 0 Å². The second-order valence-corrected chi connectivity index (χ2v) is 4.52. The Morgan fingerprint density at radius 3 is 2.24 bits per heavy atom. The van der Waals surface area contributed by atoms with Gasteiger partial charge >= 0.3 is 0 Å². The van der Waals surface area contributed by atoms with Crippen LogP contribution in [0.3, 0.4) is 0 Å². The summed E-state index contributed by atoms with van der Waals surface area (Å²) in [6.07, 6.45) is 0. The number of hydrogen-bond acceptors (Lipinski definition) is 4. The van der Waals surface area contributed by atoms with Crippen LogP contribution in [0.15, 0.2) is 57.7 Å². The van der Waals surface area contributed by atoms with Crippen LogP contribution in [0.25, 0.3) is 22.3 Å². The quantitative estimate of drug-likeness (QED) is 0.738. The Morgan fingerprint density at radius 2 is 1.57 bits per heavy atom. The number of fused-ring (bicyclic) bond motifs is 1. The van der Waals surface area contributed by atoms with E-state index in [-0.39, 0.29) is 5.43 Å². The molecule has 0 amide bonds. The number of hydrogen-bond donors (Lipinski definition) is 0. The van der Waals surface area contributed by atoms with Gasteiger partial charge in [0.15, 0.2) is 16.8 Å². The van der Waals surface area contributed by atoms with Gasteiger partial charge in [0.05, 0.1) is 14.2 Å². The first-order valence-electron chi connectivity index (χ1n) is 6.49. The summed E-state index contributed by atoms with van der Waals surface area (Å²) < 4.78 is 16.4. The van der Waals surface area contributed by atoms with Gasteiger partial charge in [-0.3, -0.25) is 4.79 Å². The van der Waals surface area contributed by atoms with Crippen LogP contribution in [-0.4, -0.2) is 14.2 Å². The molecule has 0 saturated heterocycles. The molecule has 0 N–H and O–H groups in total. The second kappa shape index (κ2) is 5.32. The van der Waals surface area contributed by atoms with Crippen LogP contribution in [0.4, 0.5) is 0 Å². The Labute approximate surface area is 121 Å². The van der Waals surface area contributed by atoms with E-state index in [1.54, 1.807) is 12.1 Å². The van der Waals surface area contributed by atoms with Gasteiger partial charge < -0.3 is 13.9 Å². The van der Waals surface area contributed by atoms with Crippen LogP contribution in [0.1, 0.15) is 0 Å². The maximum atomic E-state index is 12.4. The lowest BCUT2D eigenvalue weighted by molar-refractivity contribution is 0.402. The van der Waals surface area contributed by atoms with Crippen LogP contribution in [-0.2, 0) is 0 Å². The Balaban J connectivity index is 2.36. The standard InChI is InChI=1S/C17H14O4/c1-19-13-8-9-14(20-2)17-16(13)12(18)10-15(21-17)11-6-4-3-5-7-11/h3-10H,1-2H3. The SMILES string of the molecule is COc1ccc(OC)c2c(=O)cc(-c3ccccc3)oc12. The van der Waals surface area contributed by atoms with Gasteiger partial charge in [0.2, 0.25) is 0 Å². The van der Waals surface area contributed by atoms with Crippen molar-refractivity contribution in [3.05, 3.63) is 58.8 Å². The number of benzene rings is 2. The fraction of sp³-hybridized carbons (Fsp3) is 0.118. The molecule has 106 valence electrons. The molecule has 3 aromatic rings. The first kappa shape index (κ1) is 13.2. The summed E-state index contributed by atoms with van der Waals surface area (Å²) in [5.41, 5.74) is 1.07. The maximum absolute atomic E-state index is 12.4. The van der Waals surface area contributed by atoms with Gasteiger partial charge in [0.25, 0.3) is 0 Å². The smallest absolute Gasteiger partial charge is 0.197 e. The van der Waals surface area contributed by atoms with Crippen molar-refractivity contribution < 1.29 is 13.9 Å². The molecule has 0 atom stereocenters. The molecular formula is C17H14O4. The molecule has 21 heavy (non-hydrogen) atoms. The topological polar surface area (TPSA) is 48.7 Å².